The molecule has 0 aromatic heterocycles. The molecule has 0 unspecified atom stereocenters. The average molecular weight is 343 g/mol. The van der Waals surface area contributed by atoms with Gasteiger partial charge in [0.25, 0.3) is 0 Å². The van der Waals surface area contributed by atoms with Crippen molar-refractivity contribution in [2.24, 2.45) is 0 Å². The van der Waals surface area contributed by atoms with E-state index in [9.17, 15) is 14.4 Å². The van der Waals surface area contributed by atoms with Gasteiger partial charge in [-0.15, -0.1) is 0 Å². The number of rotatable bonds is 5. The number of carbonyl (C=O) groups is 3. The van der Waals surface area contributed by atoms with Crippen LogP contribution in [0.15, 0.2) is 0 Å². The van der Waals surface area contributed by atoms with E-state index in [0.717, 1.165) is 32.1 Å². The van der Waals surface area contributed by atoms with Crippen LogP contribution in [0.1, 0.15) is 52.9 Å². The van der Waals surface area contributed by atoms with E-state index in [4.69, 9.17) is 4.74 Å². The molecule has 24 heavy (non-hydrogen) atoms. The number of amides is 3. The second-order valence-electron chi connectivity index (χ2n) is 7.09. The van der Waals surface area contributed by atoms with Crippen molar-refractivity contribution in [1.29, 1.82) is 0 Å². The van der Waals surface area contributed by atoms with E-state index in [1.165, 1.54) is 7.11 Å². The largest absolute Gasteiger partial charge is 0.453 e. The zero-order chi connectivity index (χ0) is 18.2. The van der Waals surface area contributed by atoms with Gasteiger partial charge in [-0.05, 0) is 33.6 Å². The predicted octanol–water partition coefficient (Wildman–Crippen LogP) is 1.69. The van der Waals surface area contributed by atoms with Gasteiger partial charge in [0.05, 0.1) is 19.2 Å². The molecule has 8 nitrogen and oxygen atoms in total. The fraction of sp³-hybridized carbons (Fsp3) is 0.812. The van der Waals surface area contributed by atoms with Crippen molar-refractivity contribution < 1.29 is 23.9 Å². The maximum atomic E-state index is 12.1. The number of nitrogens with one attached hydrogen (secondary N) is 3. The van der Waals surface area contributed by atoms with Gasteiger partial charge in [-0.3, -0.25) is 4.79 Å². The number of methoxy groups -OCH3 is 1. The Morgan fingerprint density at radius 1 is 1.00 bits per heavy atom. The van der Waals surface area contributed by atoms with Gasteiger partial charge in [0.1, 0.15) is 5.60 Å². The minimum atomic E-state index is -0.663. The lowest BCUT2D eigenvalue weighted by Crippen LogP contribution is -2.58. The first-order chi connectivity index (χ1) is 11.2. The monoisotopic (exact) mass is 343 g/mol. The van der Waals surface area contributed by atoms with E-state index in [1.54, 1.807) is 20.8 Å². The SMILES string of the molecule is COC(=O)NCC(=O)NCC1(NC(=O)OC(C)(C)C)CCCCC1. The summed E-state index contributed by atoms with van der Waals surface area (Å²) >= 11 is 0. The summed E-state index contributed by atoms with van der Waals surface area (Å²) in [6.07, 6.45) is 3.47. The Kier molecular flexibility index (Phi) is 7.31. The fourth-order valence-electron chi connectivity index (χ4n) is 2.65. The van der Waals surface area contributed by atoms with Crippen molar-refractivity contribution in [1.82, 2.24) is 16.0 Å². The van der Waals surface area contributed by atoms with Crippen LogP contribution in [-0.4, -0.2) is 49.4 Å². The molecule has 3 amide bonds. The molecule has 138 valence electrons. The molecule has 3 N–H and O–H groups in total. The van der Waals surface area contributed by atoms with Crippen LogP contribution in [-0.2, 0) is 14.3 Å². The number of carbonyl (C=O) groups excluding carboxylic acids is 3. The predicted molar refractivity (Wildman–Crippen MR) is 88.6 cm³/mol. The lowest BCUT2D eigenvalue weighted by atomic mass is 9.81. The molecule has 8 heteroatoms. The molecule has 0 spiro atoms. The molecule has 1 aliphatic rings. The van der Waals surface area contributed by atoms with Gasteiger partial charge in [-0.1, -0.05) is 19.3 Å². The molecule has 0 aromatic rings. The molecule has 0 heterocycles. The third kappa shape index (κ3) is 7.52. The van der Waals surface area contributed by atoms with E-state index < -0.39 is 23.3 Å². The molecule has 0 saturated heterocycles. The van der Waals surface area contributed by atoms with Crippen LogP contribution in [0.25, 0.3) is 0 Å². The van der Waals surface area contributed by atoms with Gasteiger partial charge in [0.15, 0.2) is 0 Å². The van der Waals surface area contributed by atoms with Crippen LogP contribution in [0.3, 0.4) is 0 Å². The topological polar surface area (TPSA) is 106 Å². The van der Waals surface area contributed by atoms with Gasteiger partial charge in [-0.2, -0.15) is 0 Å². The van der Waals surface area contributed by atoms with Gasteiger partial charge in [0.2, 0.25) is 5.91 Å². The van der Waals surface area contributed by atoms with E-state index in [0.29, 0.717) is 6.54 Å². The molecule has 0 aromatic carbocycles. The first-order valence-electron chi connectivity index (χ1n) is 8.25. The highest BCUT2D eigenvalue weighted by Crippen LogP contribution is 2.28. The van der Waals surface area contributed by atoms with Crippen LogP contribution in [0.4, 0.5) is 9.59 Å². The molecule has 1 aliphatic carbocycles. The smallest absolute Gasteiger partial charge is 0.408 e. The molecule has 0 radical (unpaired) electrons. The van der Waals surface area contributed by atoms with Crippen LogP contribution >= 0.6 is 0 Å². The molecule has 1 rings (SSSR count). The number of alkyl carbamates (subject to hydrolysis) is 2. The van der Waals surface area contributed by atoms with Crippen molar-refractivity contribution in [2.45, 2.75) is 64.0 Å². The van der Waals surface area contributed by atoms with Crippen molar-refractivity contribution in [3.05, 3.63) is 0 Å². The van der Waals surface area contributed by atoms with Gasteiger partial charge in [0, 0.05) is 6.54 Å². The Bertz CT molecular complexity index is 453. The lowest BCUT2D eigenvalue weighted by molar-refractivity contribution is -0.120. The van der Waals surface area contributed by atoms with E-state index >= 15 is 0 Å². The van der Waals surface area contributed by atoms with Crippen molar-refractivity contribution in [2.75, 3.05) is 20.2 Å². The van der Waals surface area contributed by atoms with E-state index in [2.05, 4.69) is 20.7 Å². The summed E-state index contributed by atoms with van der Waals surface area (Å²) in [6.45, 7) is 5.55. The highest BCUT2D eigenvalue weighted by molar-refractivity contribution is 5.82. The highest BCUT2D eigenvalue weighted by atomic mass is 16.6. The molecular formula is C16H29N3O5. The number of hydrogen-bond acceptors (Lipinski definition) is 5. The molecule has 0 bridgehead atoms. The third-order valence-corrected chi connectivity index (χ3v) is 3.78. The molecule has 1 saturated carbocycles. The highest BCUT2D eigenvalue weighted by Gasteiger charge is 2.35. The van der Waals surface area contributed by atoms with Gasteiger partial charge < -0.3 is 25.4 Å². The Morgan fingerprint density at radius 2 is 1.62 bits per heavy atom. The quantitative estimate of drug-likeness (QED) is 0.704. The second-order valence-corrected chi connectivity index (χ2v) is 7.09. The van der Waals surface area contributed by atoms with Crippen molar-refractivity contribution in [3.63, 3.8) is 0 Å². The summed E-state index contributed by atoms with van der Waals surface area (Å²) in [6, 6.07) is 0. The van der Waals surface area contributed by atoms with Crippen molar-refractivity contribution >= 4 is 18.1 Å². The third-order valence-electron chi connectivity index (χ3n) is 3.78. The summed E-state index contributed by atoms with van der Waals surface area (Å²) in [5, 5.41) is 8.01. The number of hydrogen-bond donors (Lipinski definition) is 3. The Labute approximate surface area is 143 Å². The molecule has 0 atom stereocenters. The van der Waals surface area contributed by atoms with E-state index in [1.807, 2.05) is 0 Å². The second kappa shape index (κ2) is 8.75. The van der Waals surface area contributed by atoms with Crippen LogP contribution in [0, 0.1) is 0 Å². The summed E-state index contributed by atoms with van der Waals surface area (Å²) in [4.78, 5) is 34.9. The minimum absolute atomic E-state index is 0.171. The summed E-state index contributed by atoms with van der Waals surface area (Å²) in [5.74, 6) is -0.337. The van der Waals surface area contributed by atoms with Gasteiger partial charge >= 0.3 is 12.2 Å². The first kappa shape index (κ1) is 20.1. The normalized spacial score (nSPS) is 16.7. The Balaban J connectivity index is 2.56. The average Bonchev–Trinajstić information content (AvgIpc) is 2.49. The fourth-order valence-corrected chi connectivity index (χ4v) is 2.65. The minimum Gasteiger partial charge on any atom is -0.453 e. The zero-order valence-corrected chi connectivity index (χ0v) is 15.0. The Hall–Kier alpha value is -1.99. The zero-order valence-electron chi connectivity index (χ0n) is 15.0. The first-order valence-corrected chi connectivity index (χ1v) is 8.25. The van der Waals surface area contributed by atoms with Gasteiger partial charge in [-0.25, -0.2) is 9.59 Å². The maximum Gasteiger partial charge on any atom is 0.408 e. The van der Waals surface area contributed by atoms with Crippen molar-refractivity contribution in [3.8, 4) is 0 Å². The summed E-state index contributed by atoms with van der Waals surface area (Å²) in [7, 11) is 1.23. The molecule has 0 aliphatic heterocycles. The standard InChI is InChI=1S/C16H29N3O5/c1-15(2,3)24-14(22)19-16(8-6-5-7-9-16)11-18-12(20)10-17-13(21)23-4/h5-11H2,1-4H3,(H,17,21)(H,18,20)(H,19,22). The van der Waals surface area contributed by atoms with Crippen LogP contribution in [0.2, 0.25) is 0 Å². The molecular weight excluding hydrogens is 314 g/mol. The molecule has 1 fully saturated rings. The van der Waals surface area contributed by atoms with Crippen LogP contribution in [0.5, 0.6) is 0 Å². The summed E-state index contributed by atoms with van der Waals surface area (Å²) in [5.41, 5.74) is -1.09. The lowest BCUT2D eigenvalue weighted by Gasteiger charge is -2.38. The van der Waals surface area contributed by atoms with E-state index in [-0.39, 0.29) is 12.5 Å². The number of ether oxygens (including phenoxy) is 2. The van der Waals surface area contributed by atoms with Crippen LogP contribution < -0.4 is 16.0 Å². The summed E-state index contributed by atoms with van der Waals surface area (Å²) < 4.78 is 9.74. The maximum absolute atomic E-state index is 12.1. The Morgan fingerprint density at radius 3 is 2.17 bits per heavy atom.